The first-order valence-corrected chi connectivity index (χ1v) is 12.2. The first-order valence-electron chi connectivity index (χ1n) is 12.2. The molecule has 1 aliphatic heterocycles. The Hall–Kier alpha value is -3.43. The second-order valence-corrected chi connectivity index (χ2v) is 10.2. The van der Waals surface area contributed by atoms with Gasteiger partial charge >= 0.3 is 21.1 Å². The Morgan fingerprint density at radius 1 is 0.946 bits per heavy atom. The van der Waals surface area contributed by atoms with Gasteiger partial charge in [0.25, 0.3) is 0 Å². The summed E-state index contributed by atoms with van der Waals surface area (Å²) in [5.74, 6) is 2.66. The van der Waals surface area contributed by atoms with Gasteiger partial charge in [-0.1, -0.05) is 56.1 Å². The van der Waals surface area contributed by atoms with Gasteiger partial charge in [0.15, 0.2) is 0 Å². The minimum atomic E-state index is 0. The van der Waals surface area contributed by atoms with Crippen molar-refractivity contribution < 1.29 is 30.5 Å². The van der Waals surface area contributed by atoms with Gasteiger partial charge in [0, 0.05) is 23.2 Å². The van der Waals surface area contributed by atoms with Gasteiger partial charge in [-0.15, -0.1) is 35.7 Å². The molecule has 3 aromatic carbocycles. The fraction of sp³-hybridized carbons (Fsp3) is 0.226. The van der Waals surface area contributed by atoms with Crippen LogP contribution in [0.15, 0.2) is 77.9 Å². The summed E-state index contributed by atoms with van der Waals surface area (Å²) in [4.78, 5) is 9.27. The van der Waals surface area contributed by atoms with Gasteiger partial charge in [-0.3, -0.25) is 4.99 Å². The number of pyridine rings is 1. The Morgan fingerprint density at radius 3 is 2.54 bits per heavy atom. The third kappa shape index (κ3) is 4.81. The van der Waals surface area contributed by atoms with E-state index in [-0.39, 0.29) is 32.5 Å². The largest absolute Gasteiger partial charge is 2.00 e. The van der Waals surface area contributed by atoms with E-state index in [1.54, 1.807) is 0 Å². The molecule has 0 fully saturated rings. The van der Waals surface area contributed by atoms with Crippen molar-refractivity contribution in [2.75, 3.05) is 6.61 Å². The Kier molecular flexibility index (Phi) is 6.68. The van der Waals surface area contributed by atoms with E-state index in [9.17, 15) is 0 Å². The number of aromatic nitrogens is 2. The summed E-state index contributed by atoms with van der Waals surface area (Å²) >= 11 is 0. The fourth-order valence-electron chi connectivity index (χ4n) is 4.55. The van der Waals surface area contributed by atoms with Crippen molar-refractivity contribution in [3.63, 3.8) is 0 Å². The predicted octanol–water partition coefficient (Wildman–Crippen LogP) is 7.03. The fourth-order valence-corrected chi connectivity index (χ4v) is 4.55. The Bertz CT molecular complexity index is 1630. The molecular weight excluding hydrogens is 641 g/mol. The summed E-state index contributed by atoms with van der Waals surface area (Å²) in [6, 6.07) is 29.3. The van der Waals surface area contributed by atoms with Crippen LogP contribution in [0.1, 0.15) is 38.8 Å². The third-order valence-electron chi connectivity index (χ3n) is 6.42. The van der Waals surface area contributed by atoms with Gasteiger partial charge < -0.3 is 14.0 Å². The number of hydrogen-bond donors (Lipinski definition) is 0. The number of fused-ring (bicyclic) bond motifs is 3. The van der Waals surface area contributed by atoms with Crippen molar-refractivity contribution in [1.29, 1.82) is 0 Å². The Morgan fingerprint density at radius 2 is 1.76 bits per heavy atom. The van der Waals surface area contributed by atoms with Crippen molar-refractivity contribution in [3.05, 3.63) is 96.2 Å². The molecule has 0 saturated heterocycles. The van der Waals surface area contributed by atoms with Crippen molar-refractivity contribution in [2.24, 2.45) is 4.99 Å². The van der Waals surface area contributed by atoms with E-state index in [2.05, 4.69) is 84.9 Å². The molecule has 6 heteroatoms. The van der Waals surface area contributed by atoms with E-state index in [1.165, 1.54) is 5.56 Å². The first kappa shape index (κ1) is 25.2. The molecule has 0 amide bonds. The van der Waals surface area contributed by atoms with Crippen molar-refractivity contribution >= 4 is 27.7 Å². The van der Waals surface area contributed by atoms with Crippen LogP contribution >= 0.6 is 0 Å². The summed E-state index contributed by atoms with van der Waals surface area (Å²) in [7, 11) is 0. The number of nitrogens with zero attached hydrogens (tertiary/aromatic N) is 3. The molecule has 0 unspecified atom stereocenters. The third-order valence-corrected chi connectivity index (χ3v) is 6.42. The van der Waals surface area contributed by atoms with Gasteiger partial charge in [0.05, 0.1) is 12.6 Å². The minimum absolute atomic E-state index is 0. The molecule has 5 aromatic rings. The van der Waals surface area contributed by atoms with Crippen LogP contribution in [0, 0.1) is 12.1 Å². The molecule has 1 aliphatic rings. The molecule has 0 spiro atoms. The quantitative estimate of drug-likeness (QED) is 0.193. The average Bonchev–Trinajstić information content (AvgIpc) is 3.45. The molecule has 1 atom stereocenters. The van der Waals surface area contributed by atoms with Crippen molar-refractivity contribution in [1.82, 2.24) is 9.55 Å². The van der Waals surface area contributed by atoms with E-state index >= 15 is 0 Å². The van der Waals surface area contributed by atoms with Gasteiger partial charge in [0.1, 0.15) is 11.7 Å². The van der Waals surface area contributed by atoms with E-state index in [0.717, 1.165) is 33.2 Å². The predicted molar refractivity (Wildman–Crippen MR) is 143 cm³/mol. The molecule has 0 radical (unpaired) electrons. The molecular formula is C31H27N3O2Pt. The number of hydrogen-bond acceptors (Lipinski definition) is 4. The zero-order valence-corrected chi connectivity index (χ0v) is 23.5. The molecule has 2 aromatic heterocycles. The maximum absolute atomic E-state index is 6.22. The van der Waals surface area contributed by atoms with Crippen LogP contribution in [0.2, 0.25) is 0 Å². The van der Waals surface area contributed by atoms with Gasteiger partial charge in [0.2, 0.25) is 0 Å². The first-order chi connectivity index (χ1) is 17.4. The van der Waals surface area contributed by atoms with E-state index in [1.807, 2.05) is 37.4 Å². The number of para-hydroxylation sites is 1. The van der Waals surface area contributed by atoms with Crippen LogP contribution in [0.5, 0.6) is 11.5 Å². The second-order valence-electron chi connectivity index (χ2n) is 10.2. The molecule has 3 heterocycles. The molecule has 0 saturated carbocycles. The Labute approximate surface area is 231 Å². The summed E-state index contributed by atoms with van der Waals surface area (Å²) in [6.07, 6.45) is 1.88. The molecule has 188 valence electrons. The van der Waals surface area contributed by atoms with E-state index < -0.39 is 0 Å². The summed E-state index contributed by atoms with van der Waals surface area (Å²) in [6.45, 7) is 9.26. The number of ether oxygens (including phenoxy) is 2. The van der Waals surface area contributed by atoms with E-state index in [4.69, 9.17) is 14.5 Å². The van der Waals surface area contributed by atoms with Gasteiger partial charge in [-0.05, 0) is 41.5 Å². The van der Waals surface area contributed by atoms with Crippen LogP contribution in [0.3, 0.4) is 0 Å². The summed E-state index contributed by atoms with van der Waals surface area (Å²) in [5.41, 5.74) is 4.03. The van der Waals surface area contributed by atoms with Gasteiger partial charge in [-0.2, -0.15) is 6.07 Å². The van der Waals surface area contributed by atoms with Gasteiger partial charge in [-0.25, -0.2) is 4.98 Å². The minimum Gasteiger partial charge on any atom is -0.518 e. The van der Waals surface area contributed by atoms with Crippen LogP contribution in [-0.2, 0) is 31.2 Å². The standard InChI is InChI=1S/C31H27N3O2.Pt/c1-20-19-35-30(33-20)21-8-7-9-23(16-21)36-24-12-13-26-25-10-5-6-11-27(25)34(28(26)18-24)29-17-22(14-15-32-29)31(2,3)4;/h5-15,17,20H,19H2,1-4H3;/q-2;+2/t20-;/m1./s1. The van der Waals surface area contributed by atoms with Crippen LogP contribution in [0.25, 0.3) is 27.6 Å². The zero-order chi connectivity index (χ0) is 24.9. The maximum atomic E-state index is 6.22. The molecule has 37 heavy (non-hydrogen) atoms. The number of benzene rings is 3. The number of aliphatic imine (C=N–C) groups is 1. The SMILES string of the molecule is C[C@@H]1COC(c2[c-]c(Oc3[c-]c4c(cc3)c3ccccc3n4-c3cc(C(C)(C)C)ccn3)ccc2)=N1.[Pt+2]. The summed E-state index contributed by atoms with van der Waals surface area (Å²) in [5, 5.41) is 2.25. The topological polar surface area (TPSA) is 48.6 Å². The average molecular weight is 669 g/mol. The smallest absolute Gasteiger partial charge is 0.518 e. The van der Waals surface area contributed by atoms with Crippen molar-refractivity contribution in [2.45, 2.75) is 39.2 Å². The maximum Gasteiger partial charge on any atom is 2.00 e. The number of rotatable bonds is 4. The molecule has 5 nitrogen and oxygen atoms in total. The zero-order valence-electron chi connectivity index (χ0n) is 21.2. The van der Waals surface area contributed by atoms with Crippen LogP contribution in [-0.4, -0.2) is 28.1 Å². The molecule has 0 aliphatic carbocycles. The monoisotopic (exact) mass is 668 g/mol. The second kappa shape index (κ2) is 9.79. The summed E-state index contributed by atoms with van der Waals surface area (Å²) < 4.78 is 14.1. The molecule has 0 bridgehead atoms. The molecule has 6 rings (SSSR count). The normalized spacial score (nSPS) is 15.4. The van der Waals surface area contributed by atoms with Crippen LogP contribution in [0.4, 0.5) is 0 Å². The van der Waals surface area contributed by atoms with Crippen LogP contribution < -0.4 is 4.74 Å². The molecule has 0 N–H and O–H groups in total. The van der Waals surface area contributed by atoms with Crippen molar-refractivity contribution in [3.8, 4) is 17.3 Å². The Balaban J connectivity index is 0.00000280. The van der Waals surface area contributed by atoms with E-state index in [0.29, 0.717) is 24.0 Å².